The Kier molecular flexibility index (Phi) is 3.15. The summed E-state index contributed by atoms with van der Waals surface area (Å²) in [5.74, 6) is 1.16. The van der Waals surface area contributed by atoms with E-state index in [1.165, 1.54) is 51.4 Å². The van der Waals surface area contributed by atoms with Crippen molar-refractivity contribution in [2.75, 3.05) is 0 Å². The zero-order chi connectivity index (χ0) is 14.7. The molecule has 0 aromatic carbocycles. The predicted molar refractivity (Wildman–Crippen MR) is 83.7 cm³/mol. The van der Waals surface area contributed by atoms with E-state index in [2.05, 4.69) is 24.1 Å². The first kappa shape index (κ1) is 14.0. The zero-order valence-corrected chi connectivity index (χ0v) is 13.7. The largest absolute Gasteiger partial charge is 0.322 e. The Labute approximate surface area is 128 Å². The minimum Gasteiger partial charge on any atom is -0.322 e. The van der Waals surface area contributed by atoms with Gasteiger partial charge in [-0.1, -0.05) is 26.7 Å². The highest BCUT2D eigenvalue weighted by molar-refractivity contribution is 5.92. The average molecular weight is 290 g/mol. The van der Waals surface area contributed by atoms with Crippen LogP contribution in [0.1, 0.15) is 78.1 Å². The smallest absolute Gasteiger partial charge is 0.244 e. The van der Waals surface area contributed by atoms with E-state index in [9.17, 15) is 4.79 Å². The Morgan fingerprint density at radius 1 is 1.00 bits per heavy atom. The van der Waals surface area contributed by atoms with Gasteiger partial charge in [-0.3, -0.25) is 10.1 Å². The van der Waals surface area contributed by atoms with Crippen LogP contribution in [-0.4, -0.2) is 28.6 Å². The lowest BCUT2D eigenvalue weighted by atomic mass is 9.75. The van der Waals surface area contributed by atoms with Crippen LogP contribution in [0.3, 0.4) is 0 Å². The third-order valence-corrected chi connectivity index (χ3v) is 6.67. The molecule has 4 aliphatic rings. The average Bonchev–Trinajstić information content (AvgIpc) is 2.92. The molecule has 118 valence electrons. The number of amides is 1. The lowest BCUT2D eigenvalue weighted by molar-refractivity contribution is -0.135. The van der Waals surface area contributed by atoms with Gasteiger partial charge >= 0.3 is 0 Å². The van der Waals surface area contributed by atoms with Crippen LogP contribution in [0.25, 0.3) is 0 Å². The van der Waals surface area contributed by atoms with Crippen LogP contribution >= 0.6 is 0 Å². The lowest BCUT2D eigenvalue weighted by Crippen LogP contribution is -2.49. The Morgan fingerprint density at radius 3 is 2.19 bits per heavy atom. The van der Waals surface area contributed by atoms with Gasteiger partial charge in [0.1, 0.15) is 0 Å². The number of rotatable bonds is 2. The van der Waals surface area contributed by atoms with Gasteiger partial charge in [0.15, 0.2) is 0 Å². The molecule has 1 N–H and O–H groups in total. The maximum atomic E-state index is 13.0. The van der Waals surface area contributed by atoms with Gasteiger partial charge in [0, 0.05) is 6.04 Å². The lowest BCUT2D eigenvalue weighted by Gasteiger charge is -2.42. The van der Waals surface area contributed by atoms with Gasteiger partial charge in [0.2, 0.25) is 5.91 Å². The topological polar surface area (TPSA) is 32.3 Å². The van der Waals surface area contributed by atoms with Crippen molar-refractivity contribution in [1.29, 1.82) is 0 Å². The molecule has 21 heavy (non-hydrogen) atoms. The molecule has 1 unspecified atom stereocenters. The highest BCUT2D eigenvalue weighted by atomic mass is 16.2. The first-order valence-corrected chi connectivity index (χ1v) is 9.11. The van der Waals surface area contributed by atoms with Crippen LogP contribution < -0.4 is 5.32 Å². The predicted octanol–water partition coefficient (Wildman–Crippen LogP) is 3.44. The molecule has 3 saturated carbocycles. The molecule has 1 heterocycles. The Morgan fingerprint density at radius 2 is 1.62 bits per heavy atom. The third-order valence-electron chi connectivity index (χ3n) is 6.67. The number of carbonyl (C=O) groups excluding carboxylic acids is 1. The minimum atomic E-state index is -0.125. The molecule has 1 saturated heterocycles. The van der Waals surface area contributed by atoms with Gasteiger partial charge in [-0.15, -0.1) is 0 Å². The van der Waals surface area contributed by atoms with Crippen LogP contribution in [0.4, 0.5) is 0 Å². The third kappa shape index (κ3) is 2.32. The SMILES string of the molecule is CC1(C)CCC(N2C(=O)C3(CC3)NC2C2CCCC2)CC1. The van der Waals surface area contributed by atoms with Crippen LogP contribution in [0, 0.1) is 11.3 Å². The van der Waals surface area contributed by atoms with Gasteiger partial charge in [0.25, 0.3) is 0 Å². The molecule has 1 spiro atoms. The molecular weight excluding hydrogens is 260 g/mol. The van der Waals surface area contributed by atoms with E-state index in [4.69, 9.17) is 0 Å². The molecule has 0 aromatic heterocycles. The van der Waals surface area contributed by atoms with Crippen LogP contribution in [0.2, 0.25) is 0 Å². The fourth-order valence-electron chi connectivity index (χ4n) is 4.94. The Balaban J connectivity index is 1.54. The van der Waals surface area contributed by atoms with Crippen LogP contribution in [-0.2, 0) is 4.79 Å². The Hall–Kier alpha value is -0.570. The number of hydrogen-bond donors (Lipinski definition) is 1. The maximum absolute atomic E-state index is 13.0. The monoisotopic (exact) mass is 290 g/mol. The van der Waals surface area contributed by atoms with Gasteiger partial charge < -0.3 is 4.90 Å². The molecule has 3 aliphatic carbocycles. The van der Waals surface area contributed by atoms with Gasteiger partial charge in [-0.05, 0) is 62.7 Å². The van der Waals surface area contributed by atoms with E-state index in [-0.39, 0.29) is 5.54 Å². The van der Waals surface area contributed by atoms with Crippen molar-refractivity contribution in [3.05, 3.63) is 0 Å². The van der Waals surface area contributed by atoms with E-state index >= 15 is 0 Å². The molecule has 0 bridgehead atoms. The van der Waals surface area contributed by atoms with Gasteiger partial charge in [0.05, 0.1) is 11.7 Å². The molecule has 4 fully saturated rings. The van der Waals surface area contributed by atoms with Crippen molar-refractivity contribution < 1.29 is 4.79 Å². The van der Waals surface area contributed by atoms with E-state index in [0.29, 0.717) is 29.4 Å². The summed E-state index contributed by atoms with van der Waals surface area (Å²) in [4.78, 5) is 15.3. The maximum Gasteiger partial charge on any atom is 0.244 e. The summed E-state index contributed by atoms with van der Waals surface area (Å²) in [6.07, 6.45) is 12.8. The number of nitrogens with one attached hydrogen (secondary N) is 1. The van der Waals surface area contributed by atoms with Crippen molar-refractivity contribution in [1.82, 2.24) is 10.2 Å². The fraction of sp³-hybridized carbons (Fsp3) is 0.944. The normalized spacial score (nSPS) is 35.8. The van der Waals surface area contributed by atoms with E-state index < -0.39 is 0 Å². The molecule has 1 atom stereocenters. The van der Waals surface area contributed by atoms with E-state index in [1.54, 1.807) is 0 Å². The zero-order valence-electron chi connectivity index (χ0n) is 13.7. The van der Waals surface area contributed by atoms with Crippen molar-refractivity contribution >= 4 is 5.91 Å². The second-order valence-electron chi connectivity index (χ2n) is 8.82. The standard InChI is InChI=1S/C18H30N2O/c1-17(2)9-7-14(8-10-17)20-15(13-5-3-4-6-13)19-18(11-12-18)16(20)21/h13-15,19H,3-12H2,1-2H3. The van der Waals surface area contributed by atoms with Gasteiger partial charge in [-0.2, -0.15) is 0 Å². The van der Waals surface area contributed by atoms with E-state index in [1.807, 2.05) is 0 Å². The summed E-state index contributed by atoms with van der Waals surface area (Å²) in [6.45, 7) is 4.76. The molecule has 4 rings (SSSR count). The molecule has 1 amide bonds. The van der Waals surface area contributed by atoms with Crippen LogP contribution in [0.5, 0.6) is 0 Å². The van der Waals surface area contributed by atoms with Crippen molar-refractivity contribution in [3.63, 3.8) is 0 Å². The van der Waals surface area contributed by atoms with Gasteiger partial charge in [-0.25, -0.2) is 0 Å². The first-order chi connectivity index (χ1) is 10.0. The van der Waals surface area contributed by atoms with Crippen molar-refractivity contribution in [2.24, 2.45) is 11.3 Å². The van der Waals surface area contributed by atoms with Crippen molar-refractivity contribution in [2.45, 2.75) is 95.8 Å². The first-order valence-electron chi connectivity index (χ1n) is 9.11. The summed E-state index contributed by atoms with van der Waals surface area (Å²) in [5.41, 5.74) is 0.354. The molecule has 3 heteroatoms. The fourth-order valence-corrected chi connectivity index (χ4v) is 4.94. The summed E-state index contributed by atoms with van der Waals surface area (Å²) < 4.78 is 0. The van der Waals surface area contributed by atoms with Crippen molar-refractivity contribution in [3.8, 4) is 0 Å². The second-order valence-corrected chi connectivity index (χ2v) is 8.82. The molecule has 1 aliphatic heterocycles. The quantitative estimate of drug-likeness (QED) is 0.845. The number of hydrogen-bond acceptors (Lipinski definition) is 2. The highest BCUT2D eigenvalue weighted by Gasteiger charge is 2.61. The minimum absolute atomic E-state index is 0.125. The molecule has 3 nitrogen and oxygen atoms in total. The highest BCUT2D eigenvalue weighted by Crippen LogP contribution is 2.48. The van der Waals surface area contributed by atoms with E-state index in [0.717, 1.165) is 12.8 Å². The Bertz CT molecular complexity index is 424. The molecular formula is C18H30N2O. The van der Waals surface area contributed by atoms with Crippen LogP contribution in [0.15, 0.2) is 0 Å². The molecule has 0 aromatic rings. The summed E-state index contributed by atoms with van der Waals surface area (Å²) in [6, 6.07) is 0.503. The number of carbonyl (C=O) groups is 1. The number of nitrogens with zero attached hydrogens (tertiary/aromatic N) is 1. The summed E-state index contributed by atoms with van der Waals surface area (Å²) in [5, 5.41) is 3.78. The molecule has 0 radical (unpaired) electrons. The summed E-state index contributed by atoms with van der Waals surface area (Å²) >= 11 is 0. The summed E-state index contributed by atoms with van der Waals surface area (Å²) in [7, 11) is 0. The second kappa shape index (κ2) is 4.71.